The number of esters is 1. The summed E-state index contributed by atoms with van der Waals surface area (Å²) in [7, 11) is 2.81. The molecule has 2 amide bonds. The fourth-order valence-electron chi connectivity index (χ4n) is 2.54. The third-order valence-corrected chi connectivity index (χ3v) is 4.41. The quantitative estimate of drug-likeness (QED) is 0.611. The van der Waals surface area contributed by atoms with Crippen molar-refractivity contribution >= 4 is 35.1 Å². The molecule has 0 saturated heterocycles. The molecule has 154 valence electrons. The monoisotopic (exact) mass is 418 g/mol. The highest BCUT2D eigenvalue weighted by Gasteiger charge is 2.08. The van der Waals surface area contributed by atoms with Crippen molar-refractivity contribution in [1.82, 2.24) is 5.32 Å². The largest absolute Gasteiger partial charge is 0.495 e. The summed E-state index contributed by atoms with van der Waals surface area (Å²) < 4.78 is 9.57. The van der Waals surface area contributed by atoms with Gasteiger partial charge in [-0.05, 0) is 41.8 Å². The predicted molar refractivity (Wildman–Crippen MR) is 110 cm³/mol. The molecule has 0 atom stereocenters. The van der Waals surface area contributed by atoms with Crippen molar-refractivity contribution in [3.05, 3.63) is 58.6 Å². The highest BCUT2D eigenvalue weighted by atomic mass is 35.5. The highest BCUT2D eigenvalue weighted by Crippen LogP contribution is 2.25. The molecule has 7 nitrogen and oxygen atoms in total. The zero-order valence-corrected chi connectivity index (χ0v) is 17.0. The van der Waals surface area contributed by atoms with Gasteiger partial charge in [0.25, 0.3) is 0 Å². The number of carbonyl (C=O) groups is 3. The van der Waals surface area contributed by atoms with Gasteiger partial charge in [-0.3, -0.25) is 14.4 Å². The number of hydrogen-bond donors (Lipinski definition) is 2. The number of anilines is 1. The van der Waals surface area contributed by atoms with Gasteiger partial charge in [-0.1, -0.05) is 29.8 Å². The Hall–Kier alpha value is -3.06. The Morgan fingerprint density at radius 3 is 2.28 bits per heavy atom. The van der Waals surface area contributed by atoms with Crippen molar-refractivity contribution in [3.8, 4) is 5.75 Å². The van der Waals surface area contributed by atoms with E-state index < -0.39 is 5.97 Å². The standard InChI is InChI=1S/C21H23ClN2O5/c1-28-18-9-5-14(11-17(18)22)6-10-19(25)24-16-7-3-15(4-8-16)12-20(26)23-13-21(27)29-2/h3-5,7-9,11H,6,10,12-13H2,1-2H3,(H,23,26)(H,24,25). The topological polar surface area (TPSA) is 93.7 Å². The number of methoxy groups -OCH3 is 2. The van der Waals surface area contributed by atoms with Crippen molar-refractivity contribution in [2.24, 2.45) is 0 Å². The number of hydrogen-bond acceptors (Lipinski definition) is 5. The van der Waals surface area contributed by atoms with E-state index in [1.165, 1.54) is 7.11 Å². The molecule has 0 fully saturated rings. The molecule has 2 rings (SSSR count). The summed E-state index contributed by atoms with van der Waals surface area (Å²) in [5.74, 6) is -0.321. The minimum Gasteiger partial charge on any atom is -0.495 e. The van der Waals surface area contributed by atoms with Crippen molar-refractivity contribution < 1.29 is 23.9 Å². The van der Waals surface area contributed by atoms with Crippen LogP contribution in [-0.2, 0) is 32.0 Å². The SMILES string of the molecule is COC(=O)CNC(=O)Cc1ccc(NC(=O)CCc2ccc(OC)c(Cl)c2)cc1. The molecule has 0 aliphatic heterocycles. The van der Waals surface area contributed by atoms with E-state index in [0.29, 0.717) is 29.3 Å². The number of halogens is 1. The van der Waals surface area contributed by atoms with Crippen molar-refractivity contribution in [2.45, 2.75) is 19.3 Å². The lowest BCUT2D eigenvalue weighted by atomic mass is 10.1. The molecule has 2 aromatic carbocycles. The molecule has 2 aromatic rings. The smallest absolute Gasteiger partial charge is 0.325 e. The molecule has 0 aliphatic carbocycles. The van der Waals surface area contributed by atoms with Crippen molar-refractivity contribution in [2.75, 3.05) is 26.1 Å². The summed E-state index contributed by atoms with van der Waals surface area (Å²) in [5, 5.41) is 5.80. The van der Waals surface area contributed by atoms with Gasteiger partial charge in [0.15, 0.2) is 0 Å². The molecule has 0 saturated carbocycles. The van der Waals surface area contributed by atoms with Gasteiger partial charge in [-0.2, -0.15) is 0 Å². The Kier molecular flexibility index (Phi) is 8.48. The second-order valence-electron chi connectivity index (χ2n) is 6.24. The highest BCUT2D eigenvalue weighted by molar-refractivity contribution is 6.32. The number of aryl methyl sites for hydroxylation is 1. The van der Waals surface area contributed by atoms with Crippen LogP contribution in [0.5, 0.6) is 5.75 Å². The second-order valence-corrected chi connectivity index (χ2v) is 6.65. The first-order valence-corrected chi connectivity index (χ1v) is 9.33. The van der Waals surface area contributed by atoms with Crippen LogP contribution in [-0.4, -0.2) is 38.5 Å². The lowest BCUT2D eigenvalue weighted by molar-refractivity contribution is -0.141. The van der Waals surface area contributed by atoms with Gasteiger partial charge in [0.1, 0.15) is 12.3 Å². The maximum Gasteiger partial charge on any atom is 0.325 e. The van der Waals surface area contributed by atoms with Crippen LogP contribution in [0.15, 0.2) is 42.5 Å². The molecule has 0 spiro atoms. The first-order chi connectivity index (χ1) is 13.9. The molecule has 0 radical (unpaired) electrons. The third-order valence-electron chi connectivity index (χ3n) is 4.12. The molecule has 0 aliphatic rings. The number of ether oxygens (including phenoxy) is 2. The van der Waals surface area contributed by atoms with Crippen LogP contribution in [0.1, 0.15) is 17.5 Å². The molecule has 0 bridgehead atoms. The maximum absolute atomic E-state index is 12.2. The fourth-order valence-corrected chi connectivity index (χ4v) is 2.82. The lowest BCUT2D eigenvalue weighted by Gasteiger charge is -2.08. The van der Waals surface area contributed by atoms with Crippen LogP contribution in [0.3, 0.4) is 0 Å². The number of rotatable bonds is 9. The third kappa shape index (κ3) is 7.46. The van der Waals surface area contributed by atoms with Gasteiger partial charge in [-0.15, -0.1) is 0 Å². The van der Waals surface area contributed by atoms with Crippen LogP contribution in [0, 0.1) is 0 Å². The molecule has 0 aromatic heterocycles. The summed E-state index contributed by atoms with van der Waals surface area (Å²) in [6.45, 7) is -0.164. The average molecular weight is 419 g/mol. The Morgan fingerprint density at radius 2 is 1.66 bits per heavy atom. The predicted octanol–water partition coefficient (Wildman–Crippen LogP) is 2.75. The molecule has 29 heavy (non-hydrogen) atoms. The summed E-state index contributed by atoms with van der Waals surface area (Å²) >= 11 is 6.09. The van der Waals surface area contributed by atoms with E-state index in [4.69, 9.17) is 16.3 Å². The van der Waals surface area contributed by atoms with E-state index in [1.807, 2.05) is 6.07 Å². The summed E-state index contributed by atoms with van der Waals surface area (Å²) in [6.07, 6.45) is 0.984. The van der Waals surface area contributed by atoms with E-state index in [-0.39, 0.29) is 24.8 Å². The molecule has 8 heteroatoms. The van der Waals surface area contributed by atoms with Crippen LogP contribution >= 0.6 is 11.6 Å². The maximum atomic E-state index is 12.2. The van der Waals surface area contributed by atoms with Crippen LogP contribution < -0.4 is 15.4 Å². The minimum absolute atomic E-state index is 0.125. The number of amides is 2. The van der Waals surface area contributed by atoms with E-state index in [2.05, 4.69) is 15.4 Å². The van der Waals surface area contributed by atoms with Crippen LogP contribution in [0.2, 0.25) is 5.02 Å². The number of carbonyl (C=O) groups excluding carboxylic acids is 3. The minimum atomic E-state index is -0.506. The summed E-state index contributed by atoms with van der Waals surface area (Å²) in [4.78, 5) is 34.9. The second kappa shape index (κ2) is 11.1. The zero-order chi connectivity index (χ0) is 21.2. The van der Waals surface area contributed by atoms with E-state index >= 15 is 0 Å². The lowest BCUT2D eigenvalue weighted by Crippen LogP contribution is -2.31. The molecular formula is C21H23ClN2O5. The van der Waals surface area contributed by atoms with Crippen LogP contribution in [0.4, 0.5) is 5.69 Å². The summed E-state index contributed by atoms with van der Waals surface area (Å²) in [5.41, 5.74) is 2.35. The molecule has 0 heterocycles. The first kappa shape index (κ1) is 22.2. The van der Waals surface area contributed by atoms with E-state index in [9.17, 15) is 14.4 Å². The summed E-state index contributed by atoms with van der Waals surface area (Å²) in [6, 6.07) is 12.4. The number of benzene rings is 2. The molecular weight excluding hydrogens is 396 g/mol. The fraction of sp³-hybridized carbons (Fsp3) is 0.286. The van der Waals surface area contributed by atoms with E-state index in [1.54, 1.807) is 43.5 Å². The molecule has 0 unspecified atom stereocenters. The van der Waals surface area contributed by atoms with Crippen molar-refractivity contribution in [1.29, 1.82) is 0 Å². The van der Waals surface area contributed by atoms with E-state index in [0.717, 1.165) is 11.1 Å². The first-order valence-electron chi connectivity index (χ1n) is 8.96. The Balaban J connectivity index is 1.79. The van der Waals surface area contributed by atoms with Gasteiger partial charge in [0.05, 0.1) is 25.7 Å². The Bertz CT molecular complexity index is 868. The van der Waals surface area contributed by atoms with Gasteiger partial charge >= 0.3 is 5.97 Å². The Morgan fingerprint density at radius 1 is 0.966 bits per heavy atom. The van der Waals surface area contributed by atoms with Crippen molar-refractivity contribution in [3.63, 3.8) is 0 Å². The Labute approximate surface area is 174 Å². The van der Waals surface area contributed by atoms with Gasteiger partial charge in [-0.25, -0.2) is 0 Å². The average Bonchev–Trinajstić information content (AvgIpc) is 2.72. The molecule has 2 N–H and O–H groups in total. The van der Waals surface area contributed by atoms with Gasteiger partial charge in [0.2, 0.25) is 11.8 Å². The van der Waals surface area contributed by atoms with Gasteiger partial charge < -0.3 is 20.1 Å². The van der Waals surface area contributed by atoms with Crippen LogP contribution in [0.25, 0.3) is 0 Å². The van der Waals surface area contributed by atoms with Gasteiger partial charge in [0, 0.05) is 12.1 Å². The normalized spacial score (nSPS) is 10.2. The zero-order valence-electron chi connectivity index (χ0n) is 16.3. The number of nitrogens with one attached hydrogen (secondary N) is 2.